The van der Waals surface area contributed by atoms with Crippen LogP contribution in [0.5, 0.6) is 0 Å². The third kappa shape index (κ3) is 11.0. The van der Waals surface area contributed by atoms with Gasteiger partial charge in [-0.05, 0) is 82.5 Å². The normalized spacial score (nSPS) is 29.4. The first kappa shape index (κ1) is 56.0. The van der Waals surface area contributed by atoms with Gasteiger partial charge in [0.1, 0.15) is 53.5 Å². The number of amides is 1. The van der Waals surface area contributed by atoms with Gasteiger partial charge in [-0.2, -0.15) is 0 Å². The molecular weight excluding hydrogens is 964 g/mol. The molecule has 1 saturated heterocycles. The fraction of sp³-hybridized carbons (Fsp3) is 0.569. The summed E-state index contributed by atoms with van der Waals surface area (Å²) in [6.07, 6.45) is -13.8. The van der Waals surface area contributed by atoms with Gasteiger partial charge >= 0.3 is 41.9 Å². The number of hydrogen-bond acceptors (Lipinski definition) is 20. The van der Waals surface area contributed by atoms with E-state index in [9.17, 15) is 48.5 Å². The standard InChI is InChI=1S/C51H63FN2O19/c1-10-66-44(62)30(53)20-34(57)67-23-35(58)70-39(37(27-16-18-29(52)19-17-27)54-46(64)73-47(4,5)6)45(63)69-31-22-51(65)42(71-43(61)28-14-12-11-13-15-28)40-49(9,41(60)38(59)36(25(31)2)48(51,7)8)32(56)21-33-50(40,24-68-33)72-26(3)55/h11-19,30-33,37-40,42,56,59,65H,10,20-24,53H2,1-9H3,(H,54,64)/t30-,31-,32-,33+,37-,38+,39+,40-,42-,49+,50-,51+/m0/s1. The van der Waals surface area contributed by atoms with E-state index in [2.05, 4.69) is 5.32 Å². The van der Waals surface area contributed by atoms with Crippen LogP contribution in [-0.2, 0) is 66.7 Å². The van der Waals surface area contributed by atoms with Gasteiger partial charge in [-0.3, -0.25) is 19.2 Å². The fourth-order valence-corrected chi connectivity index (χ4v) is 10.6. The number of carbonyl (C=O) groups excluding carboxylic acids is 8. The summed E-state index contributed by atoms with van der Waals surface area (Å²) >= 11 is 0. The minimum atomic E-state index is -2.55. The number of halogens is 1. The molecule has 2 bridgehead atoms. The molecule has 4 aliphatic rings. The van der Waals surface area contributed by atoms with Crippen LogP contribution < -0.4 is 11.1 Å². The van der Waals surface area contributed by atoms with Crippen molar-refractivity contribution in [3.63, 3.8) is 0 Å². The number of nitrogens with one attached hydrogen (secondary N) is 1. The maximum atomic E-state index is 15.2. The Hall–Kier alpha value is -6.33. The zero-order valence-electron chi connectivity index (χ0n) is 42.0. The third-order valence-corrected chi connectivity index (χ3v) is 14.2. The molecule has 3 aliphatic carbocycles. The van der Waals surface area contributed by atoms with Gasteiger partial charge in [0, 0.05) is 25.2 Å². The Morgan fingerprint density at radius 2 is 1.58 bits per heavy atom. The first-order chi connectivity index (χ1) is 34.0. The molecule has 73 heavy (non-hydrogen) atoms. The molecule has 0 unspecified atom stereocenters. The van der Waals surface area contributed by atoms with E-state index in [0.29, 0.717) is 0 Å². The van der Waals surface area contributed by atoms with Gasteiger partial charge in [-0.25, -0.2) is 23.6 Å². The molecule has 6 rings (SSSR count). The summed E-state index contributed by atoms with van der Waals surface area (Å²) in [6, 6.07) is 8.58. The molecule has 0 spiro atoms. The summed E-state index contributed by atoms with van der Waals surface area (Å²) in [6.45, 7) is 11.2. The second kappa shape index (κ2) is 21.3. The number of fused-ring (bicyclic) bond motifs is 5. The molecule has 1 aliphatic heterocycles. The zero-order valence-corrected chi connectivity index (χ0v) is 42.0. The second-order valence-electron chi connectivity index (χ2n) is 20.4. The Balaban J connectivity index is 1.48. The van der Waals surface area contributed by atoms with Gasteiger partial charge in [-0.1, -0.05) is 44.2 Å². The number of carbonyl (C=O) groups is 8. The van der Waals surface area contributed by atoms with Crippen molar-refractivity contribution in [2.45, 2.75) is 147 Å². The lowest BCUT2D eigenvalue weighted by molar-refractivity contribution is -0.346. The molecule has 398 valence electrons. The summed E-state index contributed by atoms with van der Waals surface area (Å²) in [5.74, 6) is -10.3. The van der Waals surface area contributed by atoms with Crippen molar-refractivity contribution >= 4 is 47.7 Å². The van der Waals surface area contributed by atoms with Gasteiger partial charge in [0.05, 0.1) is 42.6 Å². The van der Waals surface area contributed by atoms with Crippen LogP contribution in [0.4, 0.5) is 9.18 Å². The smallest absolute Gasteiger partial charge is 0.408 e. The summed E-state index contributed by atoms with van der Waals surface area (Å²) in [5, 5.41) is 40.6. The topological polar surface area (TPSA) is 309 Å². The van der Waals surface area contributed by atoms with Gasteiger partial charge in [0.2, 0.25) is 6.10 Å². The van der Waals surface area contributed by atoms with Crippen molar-refractivity contribution in [3.05, 3.63) is 82.7 Å². The first-order valence-electron chi connectivity index (χ1n) is 23.7. The van der Waals surface area contributed by atoms with E-state index in [4.69, 9.17) is 43.6 Å². The Morgan fingerprint density at radius 3 is 2.15 bits per heavy atom. The molecule has 3 fully saturated rings. The predicted molar refractivity (Wildman–Crippen MR) is 248 cm³/mol. The van der Waals surface area contributed by atoms with Crippen molar-refractivity contribution in [3.8, 4) is 0 Å². The van der Waals surface area contributed by atoms with Gasteiger partial charge in [-0.15, -0.1) is 0 Å². The quantitative estimate of drug-likeness (QED) is 0.0973. The highest BCUT2D eigenvalue weighted by Crippen LogP contribution is 2.64. The highest BCUT2D eigenvalue weighted by molar-refractivity contribution is 5.94. The SMILES string of the molecule is CCOC(=O)[C@@H](N)CC(=O)OCC(=O)O[C@@H](C(=O)O[C@H]1C[C@@]2(O)[C@@H](OC(=O)c3ccccc3)[C@@H]3[C@]4(OC(C)=O)CO[C@@H]4C[C@H](O)[C@@]3(C)C(=O)[C@H](O)C(=C1C)C2(C)C)[C@@H](NC(=O)OC(C)(C)C)c1ccc(F)cc1. The van der Waals surface area contributed by atoms with Gasteiger partial charge in [0.15, 0.2) is 18.0 Å². The van der Waals surface area contributed by atoms with Crippen LogP contribution in [0.2, 0.25) is 0 Å². The third-order valence-electron chi connectivity index (χ3n) is 14.2. The van der Waals surface area contributed by atoms with Crippen molar-refractivity contribution in [2.24, 2.45) is 22.5 Å². The number of aliphatic hydroxyl groups excluding tert-OH is 2. The van der Waals surface area contributed by atoms with Crippen LogP contribution in [0.15, 0.2) is 65.7 Å². The van der Waals surface area contributed by atoms with Crippen molar-refractivity contribution in [1.82, 2.24) is 5.32 Å². The number of ketones is 1. The highest BCUT2D eigenvalue weighted by atomic mass is 19.1. The molecule has 12 atom stereocenters. The largest absolute Gasteiger partial charge is 0.465 e. The minimum absolute atomic E-state index is 0.00873. The van der Waals surface area contributed by atoms with Gasteiger partial charge in [0.25, 0.3) is 0 Å². The Morgan fingerprint density at radius 1 is 0.932 bits per heavy atom. The van der Waals surface area contributed by atoms with Crippen LogP contribution in [0.1, 0.15) is 104 Å². The fourth-order valence-electron chi connectivity index (χ4n) is 10.6. The van der Waals surface area contributed by atoms with Crippen LogP contribution in [0.3, 0.4) is 0 Å². The number of nitrogens with two attached hydrogens (primary N) is 1. The molecule has 0 aromatic heterocycles. The average molecular weight is 1030 g/mol. The minimum Gasteiger partial charge on any atom is -0.465 e. The lowest BCUT2D eigenvalue weighted by Crippen LogP contribution is -2.81. The number of hydrogen-bond donors (Lipinski definition) is 5. The molecule has 22 heteroatoms. The van der Waals surface area contributed by atoms with E-state index >= 15 is 9.59 Å². The highest BCUT2D eigenvalue weighted by Gasteiger charge is 2.78. The van der Waals surface area contributed by atoms with E-state index in [0.717, 1.165) is 31.2 Å². The molecule has 2 aromatic rings. The zero-order chi connectivity index (χ0) is 54.2. The van der Waals surface area contributed by atoms with Crippen LogP contribution >= 0.6 is 0 Å². The summed E-state index contributed by atoms with van der Waals surface area (Å²) in [4.78, 5) is 109. The number of aliphatic hydroxyl groups is 3. The Bertz CT molecular complexity index is 2510. The van der Waals surface area contributed by atoms with Crippen LogP contribution in [0.25, 0.3) is 0 Å². The first-order valence-corrected chi connectivity index (χ1v) is 23.7. The monoisotopic (exact) mass is 1030 g/mol. The molecule has 2 saturated carbocycles. The molecule has 21 nitrogen and oxygen atoms in total. The Kier molecular flexibility index (Phi) is 16.3. The Labute approximate surface area is 420 Å². The second-order valence-corrected chi connectivity index (χ2v) is 20.4. The summed E-state index contributed by atoms with van der Waals surface area (Å²) < 4.78 is 59.7. The molecule has 1 heterocycles. The van der Waals surface area contributed by atoms with E-state index < -0.39 is 155 Å². The number of ether oxygens (including phenoxy) is 8. The number of benzene rings is 2. The number of Topliss-reactive ketones (excluding diaryl/α,β-unsaturated/α-hetero) is 1. The maximum absolute atomic E-state index is 15.2. The predicted octanol–water partition coefficient (Wildman–Crippen LogP) is 2.77. The number of esters is 6. The maximum Gasteiger partial charge on any atom is 0.408 e. The average Bonchev–Trinajstić information content (AvgIpc) is 3.30. The van der Waals surface area contributed by atoms with Crippen molar-refractivity contribution < 1.29 is 96.0 Å². The van der Waals surface area contributed by atoms with Crippen LogP contribution in [0, 0.1) is 22.6 Å². The van der Waals surface area contributed by atoms with E-state index in [-0.39, 0.29) is 41.9 Å². The molecule has 1 amide bonds. The number of alkyl carbamates (subject to hydrolysis) is 1. The van der Waals surface area contributed by atoms with Crippen molar-refractivity contribution in [2.75, 3.05) is 19.8 Å². The molecule has 6 N–H and O–H groups in total. The molecule has 0 radical (unpaired) electrons. The molecule has 2 aromatic carbocycles. The number of rotatable bonds is 15. The molecular formula is C51H63FN2O19. The lowest BCUT2D eigenvalue weighted by atomic mass is 9.44. The van der Waals surface area contributed by atoms with E-state index in [1.54, 1.807) is 18.2 Å². The summed E-state index contributed by atoms with van der Waals surface area (Å²) in [5.41, 5.74) is -4.05. The summed E-state index contributed by atoms with van der Waals surface area (Å²) in [7, 11) is 0. The van der Waals surface area contributed by atoms with Crippen LogP contribution in [-0.4, -0.2) is 142 Å². The van der Waals surface area contributed by atoms with Gasteiger partial charge < -0.3 is 64.3 Å². The van der Waals surface area contributed by atoms with Crippen molar-refractivity contribution in [1.29, 1.82) is 0 Å². The van der Waals surface area contributed by atoms with E-state index in [1.165, 1.54) is 67.5 Å². The lowest BCUT2D eigenvalue weighted by Gasteiger charge is -2.67. The van der Waals surface area contributed by atoms with E-state index in [1.807, 2.05) is 0 Å².